The van der Waals surface area contributed by atoms with Gasteiger partial charge < -0.3 is 10.2 Å². The molecule has 0 unspecified atom stereocenters. The molecule has 1 saturated heterocycles. The lowest BCUT2D eigenvalue weighted by Gasteiger charge is -2.25. The van der Waals surface area contributed by atoms with Crippen LogP contribution in [0.4, 0.5) is 0 Å². The number of benzene rings is 1. The fraction of sp³-hybridized carbons (Fsp3) is 0.636. The first-order chi connectivity index (χ1) is 11.9. The first-order valence-corrected chi connectivity index (χ1v) is 9.94. The third-order valence-electron chi connectivity index (χ3n) is 5.39. The minimum absolute atomic E-state index is 0.730. The topological polar surface area (TPSA) is 15.3 Å². The van der Waals surface area contributed by atoms with Gasteiger partial charge in [-0.15, -0.1) is 0 Å². The van der Waals surface area contributed by atoms with Gasteiger partial charge in [-0.1, -0.05) is 49.7 Å². The molecule has 1 N–H and O–H groups in total. The zero-order valence-corrected chi connectivity index (χ0v) is 15.0. The maximum atomic E-state index is 3.70. The van der Waals surface area contributed by atoms with E-state index in [4.69, 9.17) is 0 Å². The van der Waals surface area contributed by atoms with Crippen molar-refractivity contribution in [2.45, 2.75) is 70.4 Å². The molecule has 1 heterocycles. The van der Waals surface area contributed by atoms with Gasteiger partial charge in [-0.05, 0) is 56.5 Å². The van der Waals surface area contributed by atoms with Crippen molar-refractivity contribution in [3.63, 3.8) is 0 Å². The first-order valence-electron chi connectivity index (χ1n) is 9.94. The van der Waals surface area contributed by atoms with E-state index < -0.39 is 0 Å². The summed E-state index contributed by atoms with van der Waals surface area (Å²) in [6, 6.07) is 9.53. The fourth-order valence-corrected chi connectivity index (χ4v) is 3.84. The van der Waals surface area contributed by atoms with Crippen LogP contribution in [0.15, 0.2) is 24.3 Å². The Morgan fingerprint density at radius 3 is 2.38 bits per heavy atom. The van der Waals surface area contributed by atoms with Crippen LogP contribution in [0, 0.1) is 11.8 Å². The first kappa shape index (κ1) is 17.5. The van der Waals surface area contributed by atoms with Gasteiger partial charge in [0.05, 0.1) is 0 Å². The van der Waals surface area contributed by atoms with Gasteiger partial charge in [0.1, 0.15) is 0 Å². The number of likely N-dealkylation sites (tertiary alicyclic amines) is 1. The molecule has 2 fully saturated rings. The standard InChI is InChI=1S/C22H32N2/c1-3-10-22(11-4-1)23-19-21-14-12-20(13-15-21)9-5-8-18-24-16-6-2-7-17-24/h12-15,22-23H,1-4,6-8,10-11,16-19H2. The van der Waals surface area contributed by atoms with Crippen LogP contribution in [-0.2, 0) is 6.54 Å². The molecule has 0 bridgehead atoms. The monoisotopic (exact) mass is 324 g/mol. The second-order valence-electron chi connectivity index (χ2n) is 7.37. The summed E-state index contributed by atoms with van der Waals surface area (Å²) in [5.41, 5.74) is 2.52. The van der Waals surface area contributed by atoms with E-state index >= 15 is 0 Å². The van der Waals surface area contributed by atoms with Crippen LogP contribution in [0.25, 0.3) is 0 Å². The number of nitrogens with zero attached hydrogens (tertiary/aromatic N) is 1. The minimum Gasteiger partial charge on any atom is -0.310 e. The van der Waals surface area contributed by atoms with Crippen molar-refractivity contribution in [3.05, 3.63) is 35.4 Å². The van der Waals surface area contributed by atoms with Crippen molar-refractivity contribution in [2.75, 3.05) is 19.6 Å². The highest BCUT2D eigenvalue weighted by molar-refractivity contribution is 5.36. The van der Waals surface area contributed by atoms with Crippen molar-refractivity contribution >= 4 is 0 Å². The van der Waals surface area contributed by atoms with E-state index in [9.17, 15) is 0 Å². The van der Waals surface area contributed by atoms with Gasteiger partial charge in [-0.3, -0.25) is 0 Å². The zero-order chi connectivity index (χ0) is 16.5. The molecule has 1 aromatic carbocycles. The van der Waals surface area contributed by atoms with E-state index in [2.05, 4.69) is 46.3 Å². The van der Waals surface area contributed by atoms with Crippen LogP contribution < -0.4 is 5.32 Å². The van der Waals surface area contributed by atoms with Gasteiger partial charge in [0.15, 0.2) is 0 Å². The normalized spacial score (nSPS) is 19.7. The Hall–Kier alpha value is -1.30. The molecule has 1 saturated carbocycles. The lowest BCUT2D eigenvalue weighted by molar-refractivity contribution is 0.234. The summed E-state index contributed by atoms with van der Waals surface area (Å²) in [5, 5.41) is 3.70. The molecular weight excluding hydrogens is 292 g/mol. The molecule has 1 aliphatic heterocycles. The molecule has 24 heavy (non-hydrogen) atoms. The molecule has 3 rings (SSSR count). The van der Waals surface area contributed by atoms with Crippen molar-refractivity contribution in [2.24, 2.45) is 0 Å². The van der Waals surface area contributed by atoms with Crippen molar-refractivity contribution < 1.29 is 0 Å². The molecular formula is C22H32N2. The van der Waals surface area contributed by atoms with Crippen molar-refractivity contribution in [1.29, 1.82) is 0 Å². The zero-order valence-electron chi connectivity index (χ0n) is 15.0. The third-order valence-corrected chi connectivity index (χ3v) is 5.39. The highest BCUT2D eigenvalue weighted by Gasteiger charge is 2.12. The highest BCUT2D eigenvalue weighted by Crippen LogP contribution is 2.17. The van der Waals surface area contributed by atoms with Crippen LogP contribution >= 0.6 is 0 Å². The van der Waals surface area contributed by atoms with Crippen molar-refractivity contribution in [1.82, 2.24) is 10.2 Å². The Morgan fingerprint density at radius 1 is 0.917 bits per heavy atom. The Labute approximate surface area is 148 Å². The predicted octanol–water partition coefficient (Wildman–Crippen LogP) is 4.34. The Balaban J connectivity index is 1.38. The molecule has 0 spiro atoms. The molecule has 2 heteroatoms. The summed E-state index contributed by atoms with van der Waals surface area (Å²) in [7, 11) is 0. The highest BCUT2D eigenvalue weighted by atomic mass is 15.1. The molecule has 2 nitrogen and oxygen atoms in total. The number of hydrogen-bond acceptors (Lipinski definition) is 2. The molecule has 0 atom stereocenters. The molecule has 1 aliphatic carbocycles. The van der Waals surface area contributed by atoms with E-state index in [-0.39, 0.29) is 0 Å². The quantitative estimate of drug-likeness (QED) is 0.811. The summed E-state index contributed by atoms with van der Waals surface area (Å²) in [6.45, 7) is 4.67. The van der Waals surface area contributed by atoms with Crippen LogP contribution in [0.3, 0.4) is 0 Å². The lowest BCUT2D eigenvalue weighted by atomic mass is 9.95. The van der Waals surface area contributed by atoms with Crippen LogP contribution in [-0.4, -0.2) is 30.6 Å². The van der Waals surface area contributed by atoms with E-state index in [0.29, 0.717) is 0 Å². The lowest BCUT2D eigenvalue weighted by Crippen LogP contribution is -2.30. The average Bonchev–Trinajstić information content (AvgIpc) is 2.66. The summed E-state index contributed by atoms with van der Waals surface area (Å²) >= 11 is 0. The molecule has 0 aromatic heterocycles. The number of piperidine rings is 1. The third kappa shape index (κ3) is 5.96. The maximum Gasteiger partial charge on any atom is 0.0245 e. The number of nitrogens with one attached hydrogen (secondary N) is 1. The number of rotatable bonds is 5. The summed E-state index contributed by atoms with van der Waals surface area (Å²) in [6.07, 6.45) is 12.0. The Bertz CT molecular complexity index is 525. The van der Waals surface area contributed by atoms with Gasteiger partial charge in [0.2, 0.25) is 0 Å². The van der Waals surface area contributed by atoms with E-state index in [1.54, 1.807) is 0 Å². The fourth-order valence-electron chi connectivity index (χ4n) is 3.84. The van der Waals surface area contributed by atoms with E-state index in [1.165, 1.54) is 70.0 Å². The van der Waals surface area contributed by atoms with Gasteiger partial charge in [-0.25, -0.2) is 0 Å². The molecule has 0 radical (unpaired) electrons. The van der Waals surface area contributed by atoms with Gasteiger partial charge >= 0.3 is 0 Å². The Kier molecular flexibility index (Phi) is 7.20. The molecule has 1 aromatic rings. The summed E-state index contributed by atoms with van der Waals surface area (Å²) in [5.74, 6) is 6.66. The summed E-state index contributed by atoms with van der Waals surface area (Å²) < 4.78 is 0. The number of hydrogen-bond donors (Lipinski definition) is 1. The SMILES string of the molecule is C(#Cc1ccc(CNC2CCCCC2)cc1)CCN1CCCCC1. The van der Waals surface area contributed by atoms with E-state index in [0.717, 1.165) is 31.1 Å². The largest absolute Gasteiger partial charge is 0.310 e. The smallest absolute Gasteiger partial charge is 0.0245 e. The van der Waals surface area contributed by atoms with Crippen molar-refractivity contribution in [3.8, 4) is 11.8 Å². The van der Waals surface area contributed by atoms with Gasteiger partial charge in [-0.2, -0.15) is 0 Å². The predicted molar refractivity (Wildman–Crippen MR) is 102 cm³/mol. The maximum absolute atomic E-state index is 3.70. The molecule has 130 valence electrons. The Morgan fingerprint density at radius 2 is 1.62 bits per heavy atom. The summed E-state index contributed by atoms with van der Waals surface area (Å²) in [4.78, 5) is 2.55. The second kappa shape index (κ2) is 9.87. The second-order valence-corrected chi connectivity index (χ2v) is 7.37. The van der Waals surface area contributed by atoms with Gasteiger partial charge in [0.25, 0.3) is 0 Å². The average molecular weight is 325 g/mol. The van der Waals surface area contributed by atoms with Crippen LogP contribution in [0.1, 0.15) is 68.9 Å². The van der Waals surface area contributed by atoms with Gasteiger partial charge in [0, 0.05) is 31.1 Å². The van der Waals surface area contributed by atoms with E-state index in [1.807, 2.05) is 0 Å². The molecule has 2 aliphatic rings. The minimum atomic E-state index is 0.730. The molecule has 0 amide bonds. The van der Waals surface area contributed by atoms with Crippen LogP contribution in [0.2, 0.25) is 0 Å². The van der Waals surface area contributed by atoms with Crippen LogP contribution in [0.5, 0.6) is 0 Å².